The zero-order valence-electron chi connectivity index (χ0n) is 15.4. The summed E-state index contributed by atoms with van der Waals surface area (Å²) in [5.74, 6) is 1.14. The van der Waals surface area contributed by atoms with E-state index < -0.39 is 0 Å². The van der Waals surface area contributed by atoms with Crippen molar-refractivity contribution in [3.63, 3.8) is 0 Å². The van der Waals surface area contributed by atoms with E-state index in [9.17, 15) is 9.59 Å². The van der Waals surface area contributed by atoms with Crippen LogP contribution in [0, 0.1) is 5.92 Å². The Hall–Kier alpha value is -2.44. The van der Waals surface area contributed by atoms with Crippen LogP contribution in [-0.2, 0) is 6.54 Å². The first-order valence-electron chi connectivity index (χ1n) is 10.1. The third-order valence-electron chi connectivity index (χ3n) is 6.25. The standard InChI is InChI=1S/C20H24N4O3/c25-19-15-11-16-14(12-17(15)27-18-7-4-9-23(18)19)20(26)24(22-21-16)10-8-13-5-2-1-3-6-13/h11-13,18H,1-10H2. The molecule has 1 aromatic carbocycles. The van der Waals surface area contributed by atoms with Crippen LogP contribution in [0.25, 0.3) is 10.9 Å². The van der Waals surface area contributed by atoms with Crippen LogP contribution in [0.1, 0.15) is 61.7 Å². The van der Waals surface area contributed by atoms with Crippen LogP contribution < -0.4 is 10.3 Å². The van der Waals surface area contributed by atoms with Crippen molar-refractivity contribution in [2.45, 2.75) is 64.1 Å². The van der Waals surface area contributed by atoms with Gasteiger partial charge in [-0.05, 0) is 30.9 Å². The number of rotatable bonds is 3. The van der Waals surface area contributed by atoms with Gasteiger partial charge < -0.3 is 9.64 Å². The summed E-state index contributed by atoms with van der Waals surface area (Å²) in [5, 5.41) is 8.82. The van der Waals surface area contributed by atoms with Crippen molar-refractivity contribution < 1.29 is 9.53 Å². The van der Waals surface area contributed by atoms with Crippen LogP contribution >= 0.6 is 0 Å². The highest BCUT2D eigenvalue weighted by molar-refractivity contribution is 6.01. The van der Waals surface area contributed by atoms with Gasteiger partial charge in [0.15, 0.2) is 6.23 Å². The van der Waals surface area contributed by atoms with E-state index in [2.05, 4.69) is 10.3 Å². The van der Waals surface area contributed by atoms with E-state index in [1.165, 1.54) is 36.8 Å². The fourth-order valence-corrected chi connectivity index (χ4v) is 4.69. The summed E-state index contributed by atoms with van der Waals surface area (Å²) < 4.78 is 7.46. The van der Waals surface area contributed by atoms with Gasteiger partial charge in [-0.3, -0.25) is 9.59 Å². The minimum atomic E-state index is -0.203. The molecule has 3 heterocycles. The molecule has 2 aromatic rings. The van der Waals surface area contributed by atoms with Gasteiger partial charge in [-0.15, -0.1) is 5.10 Å². The average Bonchev–Trinajstić information content (AvgIpc) is 3.17. The van der Waals surface area contributed by atoms with Gasteiger partial charge in [0.05, 0.1) is 10.9 Å². The van der Waals surface area contributed by atoms with Gasteiger partial charge in [-0.25, -0.2) is 4.68 Å². The first-order chi connectivity index (χ1) is 13.2. The SMILES string of the molecule is O=C1c2cc3nnn(CCC4CCCCC4)c(=O)c3cc2OC2CCCN12. The number of nitrogens with zero attached hydrogens (tertiary/aromatic N) is 4. The van der Waals surface area contributed by atoms with Crippen LogP contribution in [0.4, 0.5) is 0 Å². The molecule has 1 amide bonds. The molecule has 2 fully saturated rings. The number of benzene rings is 1. The predicted octanol–water partition coefficient (Wildman–Crippen LogP) is 2.72. The molecule has 7 nitrogen and oxygen atoms in total. The van der Waals surface area contributed by atoms with E-state index in [1.807, 2.05) is 0 Å². The number of amides is 1. The summed E-state index contributed by atoms with van der Waals surface area (Å²) in [4.78, 5) is 27.3. The van der Waals surface area contributed by atoms with E-state index in [-0.39, 0.29) is 17.7 Å². The largest absolute Gasteiger partial charge is 0.470 e. The van der Waals surface area contributed by atoms with E-state index in [0.29, 0.717) is 34.7 Å². The lowest BCUT2D eigenvalue weighted by atomic mass is 9.87. The van der Waals surface area contributed by atoms with Gasteiger partial charge in [-0.2, -0.15) is 0 Å². The van der Waals surface area contributed by atoms with Crippen molar-refractivity contribution in [1.29, 1.82) is 0 Å². The minimum Gasteiger partial charge on any atom is -0.470 e. The lowest BCUT2D eigenvalue weighted by Gasteiger charge is -2.31. The molecule has 2 aliphatic heterocycles. The first-order valence-corrected chi connectivity index (χ1v) is 10.1. The van der Waals surface area contributed by atoms with E-state index in [1.54, 1.807) is 17.0 Å². The summed E-state index contributed by atoms with van der Waals surface area (Å²) in [6.07, 6.45) is 8.95. The topological polar surface area (TPSA) is 77.3 Å². The first kappa shape index (κ1) is 16.7. The van der Waals surface area contributed by atoms with Crippen LogP contribution in [0.15, 0.2) is 16.9 Å². The molecule has 0 bridgehead atoms. The highest BCUT2D eigenvalue weighted by Gasteiger charge is 2.37. The molecule has 5 rings (SSSR count). The summed E-state index contributed by atoms with van der Waals surface area (Å²) >= 11 is 0. The molecule has 142 valence electrons. The predicted molar refractivity (Wildman–Crippen MR) is 99.7 cm³/mol. The number of aromatic nitrogens is 3. The smallest absolute Gasteiger partial charge is 0.277 e. The van der Waals surface area contributed by atoms with Gasteiger partial charge in [0.25, 0.3) is 11.5 Å². The second-order valence-electron chi connectivity index (χ2n) is 7.99. The maximum Gasteiger partial charge on any atom is 0.277 e. The monoisotopic (exact) mass is 368 g/mol. The van der Waals surface area contributed by atoms with Gasteiger partial charge in [0.2, 0.25) is 0 Å². The van der Waals surface area contributed by atoms with Crippen molar-refractivity contribution in [3.8, 4) is 5.75 Å². The maximum absolute atomic E-state index is 12.9. The number of carbonyl (C=O) groups is 1. The highest BCUT2D eigenvalue weighted by Crippen LogP contribution is 2.34. The number of carbonyl (C=O) groups excluding carboxylic acids is 1. The Morgan fingerprint density at radius 3 is 2.78 bits per heavy atom. The van der Waals surface area contributed by atoms with Gasteiger partial charge in [0, 0.05) is 19.5 Å². The molecule has 1 unspecified atom stereocenters. The number of hydrogen-bond acceptors (Lipinski definition) is 5. The summed E-state index contributed by atoms with van der Waals surface area (Å²) in [6, 6.07) is 3.34. The van der Waals surface area contributed by atoms with E-state index in [4.69, 9.17) is 4.74 Å². The highest BCUT2D eigenvalue weighted by atomic mass is 16.5. The Balaban J connectivity index is 1.46. The molecule has 1 saturated carbocycles. The molecule has 1 aromatic heterocycles. The van der Waals surface area contributed by atoms with Crippen molar-refractivity contribution in [1.82, 2.24) is 19.9 Å². The second kappa shape index (κ2) is 6.62. The maximum atomic E-state index is 12.9. The molecule has 7 heteroatoms. The number of fused-ring (bicyclic) bond motifs is 3. The molecule has 0 spiro atoms. The van der Waals surface area contributed by atoms with Crippen molar-refractivity contribution >= 4 is 16.8 Å². The summed E-state index contributed by atoms with van der Waals surface area (Å²) in [7, 11) is 0. The molecule has 27 heavy (non-hydrogen) atoms. The third-order valence-corrected chi connectivity index (χ3v) is 6.25. The van der Waals surface area contributed by atoms with Gasteiger partial charge in [0.1, 0.15) is 11.3 Å². The fourth-order valence-electron chi connectivity index (χ4n) is 4.69. The van der Waals surface area contributed by atoms with Crippen LogP contribution in [-0.4, -0.2) is 38.6 Å². The average molecular weight is 368 g/mol. The fraction of sp³-hybridized carbons (Fsp3) is 0.600. The number of aryl methyl sites for hydroxylation is 1. The molecule has 1 aliphatic carbocycles. The lowest BCUT2D eigenvalue weighted by Crippen LogP contribution is -2.43. The van der Waals surface area contributed by atoms with Crippen LogP contribution in [0.5, 0.6) is 5.75 Å². The third kappa shape index (κ3) is 2.89. The van der Waals surface area contributed by atoms with Crippen LogP contribution in [0.3, 0.4) is 0 Å². The Morgan fingerprint density at radius 1 is 1.07 bits per heavy atom. The molecule has 3 aliphatic rings. The summed E-state index contributed by atoms with van der Waals surface area (Å²) in [5.41, 5.74) is 0.792. The number of ether oxygens (including phenoxy) is 1. The van der Waals surface area contributed by atoms with Crippen molar-refractivity contribution in [2.75, 3.05) is 6.54 Å². The second-order valence-corrected chi connectivity index (χ2v) is 7.99. The molecule has 1 saturated heterocycles. The Bertz CT molecular complexity index is 948. The normalized spacial score (nSPS) is 22.6. The zero-order chi connectivity index (χ0) is 18.4. The van der Waals surface area contributed by atoms with Crippen LogP contribution in [0.2, 0.25) is 0 Å². The Morgan fingerprint density at radius 2 is 1.93 bits per heavy atom. The minimum absolute atomic E-state index is 0.0380. The van der Waals surface area contributed by atoms with Gasteiger partial charge >= 0.3 is 0 Å². The lowest BCUT2D eigenvalue weighted by molar-refractivity contribution is 0.0295. The molecular weight excluding hydrogens is 344 g/mol. The quantitative estimate of drug-likeness (QED) is 0.832. The Labute approximate surface area is 157 Å². The van der Waals surface area contributed by atoms with E-state index in [0.717, 1.165) is 25.8 Å². The Kier molecular flexibility index (Phi) is 4.10. The summed E-state index contributed by atoms with van der Waals surface area (Å²) in [6.45, 7) is 1.31. The van der Waals surface area contributed by atoms with E-state index >= 15 is 0 Å². The van der Waals surface area contributed by atoms with Crippen molar-refractivity contribution in [3.05, 3.63) is 28.0 Å². The molecule has 0 N–H and O–H groups in total. The molecule has 0 radical (unpaired) electrons. The van der Waals surface area contributed by atoms with Crippen molar-refractivity contribution in [2.24, 2.45) is 5.92 Å². The zero-order valence-corrected chi connectivity index (χ0v) is 15.4. The molecular formula is C20H24N4O3. The number of hydrogen-bond donors (Lipinski definition) is 0. The molecule has 1 atom stereocenters. The van der Waals surface area contributed by atoms with Gasteiger partial charge in [-0.1, -0.05) is 37.3 Å².